The summed E-state index contributed by atoms with van der Waals surface area (Å²) in [5, 5.41) is 4.44. The van der Waals surface area contributed by atoms with Crippen LogP contribution < -0.4 is 5.32 Å². The lowest BCUT2D eigenvalue weighted by molar-refractivity contribution is 0.596. The van der Waals surface area contributed by atoms with Crippen LogP contribution in [0.25, 0.3) is 0 Å². The number of rotatable bonds is 5. The lowest BCUT2D eigenvalue weighted by Gasteiger charge is -2.23. The van der Waals surface area contributed by atoms with E-state index in [4.69, 9.17) is 11.6 Å². The molecule has 0 radical (unpaired) electrons. The van der Waals surface area contributed by atoms with E-state index in [1.54, 1.807) is 0 Å². The highest BCUT2D eigenvalue weighted by molar-refractivity contribution is 9.10. The van der Waals surface area contributed by atoms with Gasteiger partial charge in [-0.3, -0.25) is 0 Å². The molecular formula is C18H21BrClN. The molecular weight excluding hydrogens is 346 g/mol. The predicted molar refractivity (Wildman–Crippen MR) is 95.2 cm³/mol. The van der Waals surface area contributed by atoms with Crippen molar-refractivity contribution in [3.8, 4) is 0 Å². The van der Waals surface area contributed by atoms with Crippen molar-refractivity contribution in [2.75, 3.05) is 6.54 Å². The minimum Gasteiger partial charge on any atom is -0.306 e. The summed E-state index contributed by atoms with van der Waals surface area (Å²) in [6, 6.07) is 12.6. The first-order chi connectivity index (χ1) is 10.0. The third-order valence-corrected chi connectivity index (χ3v) is 4.87. The molecule has 0 fully saturated rings. The Labute approximate surface area is 140 Å². The van der Waals surface area contributed by atoms with Gasteiger partial charge < -0.3 is 5.32 Å². The van der Waals surface area contributed by atoms with Gasteiger partial charge in [-0.2, -0.15) is 0 Å². The SMILES string of the molecule is CCCNC(c1cc(C)c(Br)cc1C)c1ccccc1Cl. The fourth-order valence-corrected chi connectivity index (χ4v) is 3.20. The van der Waals surface area contributed by atoms with Crippen molar-refractivity contribution in [1.29, 1.82) is 0 Å². The van der Waals surface area contributed by atoms with Crippen LogP contribution in [0.4, 0.5) is 0 Å². The highest BCUT2D eigenvalue weighted by atomic mass is 79.9. The number of hydrogen-bond donors (Lipinski definition) is 1. The van der Waals surface area contributed by atoms with Crippen LogP contribution in [-0.2, 0) is 0 Å². The van der Waals surface area contributed by atoms with Gasteiger partial charge >= 0.3 is 0 Å². The molecule has 1 N–H and O–H groups in total. The molecule has 21 heavy (non-hydrogen) atoms. The van der Waals surface area contributed by atoms with E-state index in [0.29, 0.717) is 0 Å². The second-order valence-corrected chi connectivity index (χ2v) is 6.63. The Morgan fingerprint density at radius 2 is 1.81 bits per heavy atom. The Hall–Kier alpha value is -0.830. The Morgan fingerprint density at radius 1 is 1.10 bits per heavy atom. The second kappa shape index (κ2) is 7.44. The van der Waals surface area contributed by atoms with E-state index in [1.807, 2.05) is 18.2 Å². The Kier molecular flexibility index (Phi) is 5.86. The molecule has 0 aliphatic carbocycles. The molecule has 0 saturated heterocycles. The first-order valence-corrected chi connectivity index (χ1v) is 8.46. The minimum atomic E-state index is 0.130. The predicted octanol–water partition coefficient (Wildman–Crippen LogP) is 5.81. The van der Waals surface area contributed by atoms with Crippen LogP contribution in [0.2, 0.25) is 5.02 Å². The van der Waals surface area contributed by atoms with Gasteiger partial charge in [0.25, 0.3) is 0 Å². The first kappa shape index (κ1) is 16.5. The van der Waals surface area contributed by atoms with E-state index < -0.39 is 0 Å². The number of aryl methyl sites for hydroxylation is 2. The van der Waals surface area contributed by atoms with Gasteiger partial charge in [0.1, 0.15) is 0 Å². The molecule has 0 saturated carbocycles. The van der Waals surface area contributed by atoms with Crippen molar-refractivity contribution in [2.24, 2.45) is 0 Å². The number of halogens is 2. The summed E-state index contributed by atoms with van der Waals surface area (Å²) in [5.74, 6) is 0. The standard InChI is InChI=1S/C18H21BrClN/c1-4-9-21-18(14-7-5-6-8-17(14)20)15-10-13(3)16(19)11-12(15)2/h5-8,10-11,18,21H,4,9H2,1-3H3. The van der Waals surface area contributed by atoms with Gasteiger partial charge in [0.15, 0.2) is 0 Å². The van der Waals surface area contributed by atoms with E-state index in [0.717, 1.165) is 28.0 Å². The molecule has 2 rings (SSSR count). The van der Waals surface area contributed by atoms with Crippen LogP contribution in [-0.4, -0.2) is 6.54 Å². The maximum Gasteiger partial charge on any atom is 0.0594 e. The molecule has 2 aromatic rings. The molecule has 0 heterocycles. The molecule has 1 atom stereocenters. The smallest absolute Gasteiger partial charge is 0.0594 e. The molecule has 112 valence electrons. The molecule has 0 amide bonds. The van der Waals surface area contributed by atoms with Gasteiger partial charge in [-0.05, 0) is 61.2 Å². The zero-order chi connectivity index (χ0) is 15.4. The van der Waals surface area contributed by atoms with E-state index >= 15 is 0 Å². The van der Waals surface area contributed by atoms with Crippen molar-refractivity contribution >= 4 is 27.5 Å². The van der Waals surface area contributed by atoms with Crippen LogP contribution in [0.5, 0.6) is 0 Å². The van der Waals surface area contributed by atoms with Gasteiger partial charge in [-0.25, -0.2) is 0 Å². The third kappa shape index (κ3) is 3.88. The molecule has 1 nitrogen and oxygen atoms in total. The maximum atomic E-state index is 6.42. The Bertz CT molecular complexity index is 625. The van der Waals surface area contributed by atoms with Gasteiger partial charge in [-0.15, -0.1) is 0 Å². The average molecular weight is 367 g/mol. The number of benzene rings is 2. The first-order valence-electron chi connectivity index (χ1n) is 7.29. The van der Waals surface area contributed by atoms with E-state index in [2.05, 4.69) is 60.2 Å². The average Bonchev–Trinajstić information content (AvgIpc) is 2.46. The molecule has 1 unspecified atom stereocenters. The second-order valence-electron chi connectivity index (χ2n) is 5.37. The van der Waals surface area contributed by atoms with Gasteiger partial charge in [0.2, 0.25) is 0 Å². The van der Waals surface area contributed by atoms with Crippen molar-refractivity contribution in [3.05, 3.63) is 68.1 Å². The summed E-state index contributed by atoms with van der Waals surface area (Å²) in [4.78, 5) is 0. The summed E-state index contributed by atoms with van der Waals surface area (Å²) in [7, 11) is 0. The Balaban J connectivity index is 2.51. The Morgan fingerprint density at radius 3 is 2.48 bits per heavy atom. The fraction of sp³-hybridized carbons (Fsp3) is 0.333. The molecule has 3 heteroatoms. The van der Waals surface area contributed by atoms with Gasteiger partial charge in [0.05, 0.1) is 6.04 Å². The molecule has 0 aromatic heterocycles. The number of hydrogen-bond acceptors (Lipinski definition) is 1. The molecule has 2 aromatic carbocycles. The zero-order valence-corrected chi connectivity index (χ0v) is 15.1. The summed E-state index contributed by atoms with van der Waals surface area (Å²) in [6.07, 6.45) is 1.09. The highest BCUT2D eigenvalue weighted by Gasteiger charge is 2.18. The third-order valence-electron chi connectivity index (χ3n) is 3.67. The topological polar surface area (TPSA) is 12.0 Å². The van der Waals surface area contributed by atoms with Crippen molar-refractivity contribution in [1.82, 2.24) is 5.32 Å². The largest absolute Gasteiger partial charge is 0.306 e. The van der Waals surface area contributed by atoms with Crippen molar-refractivity contribution in [2.45, 2.75) is 33.2 Å². The normalized spacial score (nSPS) is 12.4. The van der Waals surface area contributed by atoms with Crippen LogP contribution in [0, 0.1) is 13.8 Å². The molecule has 0 aliphatic rings. The monoisotopic (exact) mass is 365 g/mol. The maximum absolute atomic E-state index is 6.42. The highest BCUT2D eigenvalue weighted by Crippen LogP contribution is 2.32. The van der Waals surface area contributed by atoms with Crippen LogP contribution >= 0.6 is 27.5 Å². The lowest BCUT2D eigenvalue weighted by Crippen LogP contribution is -2.24. The van der Waals surface area contributed by atoms with E-state index in [9.17, 15) is 0 Å². The van der Waals surface area contributed by atoms with Crippen LogP contribution in [0.3, 0.4) is 0 Å². The molecule has 0 spiro atoms. The van der Waals surface area contributed by atoms with Crippen molar-refractivity contribution in [3.63, 3.8) is 0 Å². The lowest BCUT2D eigenvalue weighted by atomic mass is 9.93. The number of nitrogens with one attached hydrogen (secondary N) is 1. The zero-order valence-electron chi connectivity index (χ0n) is 12.7. The summed E-state index contributed by atoms with van der Waals surface area (Å²) < 4.78 is 1.15. The van der Waals surface area contributed by atoms with Crippen molar-refractivity contribution < 1.29 is 0 Å². The van der Waals surface area contributed by atoms with Gasteiger partial charge in [0, 0.05) is 9.50 Å². The molecule has 0 aliphatic heterocycles. The van der Waals surface area contributed by atoms with E-state index in [-0.39, 0.29) is 6.04 Å². The van der Waals surface area contributed by atoms with Gasteiger partial charge in [-0.1, -0.05) is 58.7 Å². The summed E-state index contributed by atoms with van der Waals surface area (Å²) in [6.45, 7) is 7.41. The quantitative estimate of drug-likeness (QED) is 0.704. The van der Waals surface area contributed by atoms with E-state index in [1.165, 1.54) is 16.7 Å². The summed E-state index contributed by atoms with van der Waals surface area (Å²) in [5.41, 5.74) is 4.93. The fourth-order valence-electron chi connectivity index (χ4n) is 2.50. The van der Waals surface area contributed by atoms with Crippen LogP contribution in [0.15, 0.2) is 40.9 Å². The minimum absolute atomic E-state index is 0.130. The molecule has 0 bridgehead atoms. The summed E-state index contributed by atoms with van der Waals surface area (Å²) >= 11 is 10.0. The van der Waals surface area contributed by atoms with Crippen LogP contribution in [0.1, 0.15) is 41.6 Å².